The highest BCUT2D eigenvalue weighted by atomic mass is 16.1. The molecule has 82 valence electrons. The van der Waals surface area contributed by atoms with E-state index >= 15 is 0 Å². The number of rotatable bonds is 3. The van der Waals surface area contributed by atoms with Crippen molar-refractivity contribution >= 4 is 17.3 Å². The number of hydrogen-bond donors (Lipinski definition) is 2. The molecule has 0 unspecified atom stereocenters. The van der Waals surface area contributed by atoms with E-state index in [1.165, 1.54) is 0 Å². The van der Waals surface area contributed by atoms with Crippen molar-refractivity contribution in [2.24, 2.45) is 0 Å². The van der Waals surface area contributed by atoms with Gasteiger partial charge in [-0.1, -0.05) is 6.07 Å². The molecule has 5 heteroatoms. The summed E-state index contributed by atoms with van der Waals surface area (Å²) in [6.07, 6.45) is 4.96. The molecular formula is C11H12N4O. The Morgan fingerprint density at radius 1 is 1.50 bits per heavy atom. The lowest BCUT2D eigenvalue weighted by molar-refractivity contribution is -0.116. The van der Waals surface area contributed by atoms with Crippen molar-refractivity contribution in [3.8, 4) is 0 Å². The molecule has 0 spiro atoms. The smallest absolute Gasteiger partial charge is 0.244 e. The lowest BCUT2D eigenvalue weighted by atomic mass is 10.3. The Morgan fingerprint density at radius 3 is 3.06 bits per heavy atom. The molecule has 1 heterocycles. The second kappa shape index (κ2) is 4.48. The molecule has 3 N–H and O–H groups in total. The van der Waals surface area contributed by atoms with Crippen molar-refractivity contribution < 1.29 is 4.79 Å². The monoisotopic (exact) mass is 216 g/mol. The van der Waals surface area contributed by atoms with Crippen molar-refractivity contribution in [2.45, 2.75) is 6.54 Å². The molecule has 0 aliphatic heterocycles. The van der Waals surface area contributed by atoms with E-state index in [1.807, 2.05) is 0 Å². The molecule has 2 rings (SSSR count). The third-order valence-electron chi connectivity index (χ3n) is 2.06. The molecule has 16 heavy (non-hydrogen) atoms. The maximum atomic E-state index is 11.6. The first kappa shape index (κ1) is 10.2. The van der Waals surface area contributed by atoms with Crippen molar-refractivity contribution in [2.75, 3.05) is 11.1 Å². The zero-order chi connectivity index (χ0) is 11.4. The first-order valence-corrected chi connectivity index (χ1v) is 4.85. The van der Waals surface area contributed by atoms with Gasteiger partial charge in [-0.15, -0.1) is 0 Å². The summed E-state index contributed by atoms with van der Waals surface area (Å²) in [6.45, 7) is 0.245. The number of carbonyl (C=O) groups is 1. The molecule has 0 saturated heterocycles. The summed E-state index contributed by atoms with van der Waals surface area (Å²) in [4.78, 5) is 15.4. The van der Waals surface area contributed by atoms with Crippen molar-refractivity contribution in [3.63, 3.8) is 0 Å². The van der Waals surface area contributed by atoms with Gasteiger partial charge in [0.15, 0.2) is 0 Å². The van der Waals surface area contributed by atoms with E-state index in [2.05, 4.69) is 10.3 Å². The number of nitrogen functional groups attached to an aromatic ring is 1. The Hall–Kier alpha value is -2.30. The summed E-state index contributed by atoms with van der Waals surface area (Å²) >= 11 is 0. The van der Waals surface area contributed by atoms with Crippen LogP contribution >= 0.6 is 0 Å². The standard InChI is InChI=1S/C11H12N4O/c12-9-2-1-3-10(6-9)14-11(16)7-15-5-4-13-8-15/h1-6,8H,7,12H2,(H,14,16). The minimum absolute atomic E-state index is 0.108. The van der Waals surface area contributed by atoms with Gasteiger partial charge in [0.25, 0.3) is 0 Å². The summed E-state index contributed by atoms with van der Waals surface area (Å²) in [5.41, 5.74) is 6.93. The van der Waals surface area contributed by atoms with Crippen LogP contribution in [0.4, 0.5) is 11.4 Å². The second-order valence-corrected chi connectivity index (χ2v) is 3.41. The van der Waals surface area contributed by atoms with Gasteiger partial charge in [-0.25, -0.2) is 4.98 Å². The van der Waals surface area contributed by atoms with E-state index in [0.29, 0.717) is 11.4 Å². The minimum Gasteiger partial charge on any atom is -0.399 e. The number of aromatic nitrogens is 2. The van der Waals surface area contributed by atoms with E-state index in [0.717, 1.165) is 0 Å². The molecule has 1 aromatic carbocycles. The van der Waals surface area contributed by atoms with Crippen LogP contribution in [0.25, 0.3) is 0 Å². The molecule has 0 bridgehead atoms. The number of imidazole rings is 1. The van der Waals surface area contributed by atoms with Gasteiger partial charge in [0.05, 0.1) is 6.33 Å². The molecule has 1 aromatic heterocycles. The average molecular weight is 216 g/mol. The van der Waals surface area contributed by atoms with Gasteiger partial charge in [0.2, 0.25) is 5.91 Å². The van der Waals surface area contributed by atoms with Gasteiger partial charge in [-0.3, -0.25) is 4.79 Å². The van der Waals surface area contributed by atoms with Gasteiger partial charge in [-0.05, 0) is 18.2 Å². The van der Waals surface area contributed by atoms with Crippen molar-refractivity contribution in [1.82, 2.24) is 9.55 Å². The zero-order valence-corrected chi connectivity index (χ0v) is 8.63. The van der Waals surface area contributed by atoms with Gasteiger partial charge >= 0.3 is 0 Å². The van der Waals surface area contributed by atoms with E-state index in [9.17, 15) is 4.79 Å². The van der Waals surface area contributed by atoms with Gasteiger partial charge in [0, 0.05) is 23.8 Å². The molecule has 0 atom stereocenters. The van der Waals surface area contributed by atoms with Crippen LogP contribution in [0.1, 0.15) is 0 Å². The van der Waals surface area contributed by atoms with Crippen LogP contribution in [0.5, 0.6) is 0 Å². The first-order chi connectivity index (χ1) is 7.74. The fourth-order valence-electron chi connectivity index (χ4n) is 1.36. The SMILES string of the molecule is Nc1cccc(NC(=O)Cn2ccnc2)c1. The predicted octanol–water partition coefficient (Wildman–Crippen LogP) is 1.10. The fourth-order valence-corrected chi connectivity index (χ4v) is 1.36. The molecule has 5 nitrogen and oxygen atoms in total. The summed E-state index contributed by atoms with van der Waals surface area (Å²) in [7, 11) is 0. The Labute approximate surface area is 92.9 Å². The number of benzene rings is 1. The van der Waals surface area contributed by atoms with Crippen LogP contribution in [0, 0.1) is 0 Å². The summed E-state index contributed by atoms with van der Waals surface area (Å²) in [6, 6.07) is 7.07. The van der Waals surface area contributed by atoms with Crippen molar-refractivity contribution in [1.29, 1.82) is 0 Å². The molecule has 2 aromatic rings. The molecule has 0 fully saturated rings. The number of nitrogens with one attached hydrogen (secondary N) is 1. The molecule has 0 aliphatic carbocycles. The Morgan fingerprint density at radius 2 is 2.38 bits per heavy atom. The molecule has 0 radical (unpaired) electrons. The quantitative estimate of drug-likeness (QED) is 0.755. The highest BCUT2D eigenvalue weighted by Gasteiger charge is 2.02. The van der Waals surface area contributed by atoms with Crippen LogP contribution in [0.15, 0.2) is 43.0 Å². The number of anilines is 2. The van der Waals surface area contributed by atoms with E-state index in [-0.39, 0.29) is 12.5 Å². The number of amides is 1. The van der Waals surface area contributed by atoms with Crippen molar-refractivity contribution in [3.05, 3.63) is 43.0 Å². The van der Waals surface area contributed by atoms with Crippen LogP contribution in [-0.2, 0) is 11.3 Å². The Balaban J connectivity index is 1.97. The van der Waals surface area contributed by atoms with Crippen LogP contribution < -0.4 is 11.1 Å². The number of hydrogen-bond acceptors (Lipinski definition) is 3. The number of nitrogens with two attached hydrogens (primary N) is 1. The Bertz CT molecular complexity index is 478. The maximum absolute atomic E-state index is 11.6. The molecule has 0 saturated carbocycles. The van der Waals surface area contributed by atoms with Gasteiger partial charge < -0.3 is 15.6 Å². The molecule has 0 aliphatic rings. The predicted molar refractivity (Wildman–Crippen MR) is 61.7 cm³/mol. The lowest BCUT2D eigenvalue weighted by Crippen LogP contribution is -2.17. The second-order valence-electron chi connectivity index (χ2n) is 3.41. The highest BCUT2D eigenvalue weighted by Crippen LogP contribution is 2.11. The van der Waals surface area contributed by atoms with Gasteiger partial charge in [0.1, 0.15) is 6.54 Å². The topological polar surface area (TPSA) is 72.9 Å². The fraction of sp³-hybridized carbons (Fsp3) is 0.0909. The average Bonchev–Trinajstić information content (AvgIpc) is 2.70. The molecule has 1 amide bonds. The molecular weight excluding hydrogens is 204 g/mol. The van der Waals surface area contributed by atoms with E-state index in [1.54, 1.807) is 47.6 Å². The number of nitrogens with zero attached hydrogens (tertiary/aromatic N) is 2. The third-order valence-corrected chi connectivity index (χ3v) is 2.06. The van der Waals surface area contributed by atoms with E-state index in [4.69, 9.17) is 5.73 Å². The normalized spacial score (nSPS) is 10.0. The van der Waals surface area contributed by atoms with Crippen LogP contribution in [0.2, 0.25) is 0 Å². The highest BCUT2D eigenvalue weighted by molar-refractivity contribution is 5.90. The van der Waals surface area contributed by atoms with Crippen LogP contribution in [0.3, 0.4) is 0 Å². The third kappa shape index (κ3) is 2.60. The maximum Gasteiger partial charge on any atom is 0.244 e. The summed E-state index contributed by atoms with van der Waals surface area (Å²) < 4.78 is 1.70. The largest absolute Gasteiger partial charge is 0.399 e. The van der Waals surface area contributed by atoms with Gasteiger partial charge in [-0.2, -0.15) is 0 Å². The Kier molecular flexibility index (Phi) is 2.86. The van der Waals surface area contributed by atoms with Crippen LogP contribution in [-0.4, -0.2) is 15.5 Å². The summed E-state index contributed by atoms with van der Waals surface area (Å²) in [5.74, 6) is -0.108. The zero-order valence-electron chi connectivity index (χ0n) is 8.63. The lowest BCUT2D eigenvalue weighted by Gasteiger charge is -2.06. The number of carbonyl (C=O) groups excluding carboxylic acids is 1. The first-order valence-electron chi connectivity index (χ1n) is 4.85. The van der Waals surface area contributed by atoms with E-state index < -0.39 is 0 Å². The minimum atomic E-state index is -0.108. The summed E-state index contributed by atoms with van der Waals surface area (Å²) in [5, 5.41) is 2.75.